The fourth-order valence-electron chi connectivity index (χ4n) is 5.30. The van der Waals surface area contributed by atoms with Gasteiger partial charge in [-0.2, -0.15) is 0 Å². The van der Waals surface area contributed by atoms with Crippen molar-refractivity contribution in [1.82, 2.24) is 0 Å². The van der Waals surface area contributed by atoms with Gasteiger partial charge >= 0.3 is 12.3 Å². The molecule has 41 heavy (non-hydrogen) atoms. The summed E-state index contributed by atoms with van der Waals surface area (Å²) >= 11 is 0. The molecular weight excluding hydrogens is 516 g/mol. The molecule has 0 unspecified atom stereocenters. The Balaban J connectivity index is 1.58. The monoisotopic (exact) mass is 550 g/mol. The van der Waals surface area contributed by atoms with Crippen LogP contribution in [0.3, 0.4) is 0 Å². The van der Waals surface area contributed by atoms with Crippen LogP contribution < -0.4 is 9.47 Å². The SMILES string of the molecule is CC(C)(C)OC(=O)Oc1ccc(C2(c3ccc(OC(=O)OC(C)(C)C)cc3)c3ccccc3-c3ccccc32)cc1. The molecule has 0 N–H and O–H groups in total. The number of fused-ring (bicyclic) bond motifs is 3. The average molecular weight is 551 g/mol. The second kappa shape index (κ2) is 10.4. The largest absolute Gasteiger partial charge is 0.514 e. The molecule has 1 aliphatic rings. The number of hydrogen-bond acceptors (Lipinski definition) is 6. The molecule has 6 nitrogen and oxygen atoms in total. The van der Waals surface area contributed by atoms with Crippen LogP contribution in [0.5, 0.6) is 11.5 Å². The van der Waals surface area contributed by atoms with Crippen molar-refractivity contribution in [3.63, 3.8) is 0 Å². The van der Waals surface area contributed by atoms with E-state index < -0.39 is 28.9 Å². The predicted octanol–water partition coefficient (Wildman–Crippen LogP) is 8.68. The highest BCUT2D eigenvalue weighted by Gasteiger charge is 2.45. The van der Waals surface area contributed by atoms with Crippen molar-refractivity contribution in [1.29, 1.82) is 0 Å². The van der Waals surface area contributed by atoms with Gasteiger partial charge in [0, 0.05) is 0 Å². The lowest BCUT2D eigenvalue weighted by Crippen LogP contribution is -2.29. The van der Waals surface area contributed by atoms with Crippen LogP contribution in [0.4, 0.5) is 9.59 Å². The maximum absolute atomic E-state index is 12.3. The first-order valence-electron chi connectivity index (χ1n) is 13.6. The Kier molecular flexibility index (Phi) is 7.12. The van der Waals surface area contributed by atoms with Crippen molar-refractivity contribution >= 4 is 12.3 Å². The second-order valence-electron chi connectivity index (χ2n) is 12.0. The molecule has 210 valence electrons. The highest BCUT2D eigenvalue weighted by molar-refractivity contribution is 5.86. The number of ether oxygens (including phenoxy) is 4. The molecular formula is C35H34O6. The van der Waals surface area contributed by atoms with Gasteiger partial charge in [0.1, 0.15) is 22.7 Å². The Morgan fingerprint density at radius 1 is 0.512 bits per heavy atom. The van der Waals surface area contributed by atoms with Crippen molar-refractivity contribution in [3.8, 4) is 22.6 Å². The molecule has 0 aliphatic heterocycles. The molecule has 0 atom stereocenters. The minimum absolute atomic E-state index is 0.388. The molecule has 0 spiro atoms. The van der Waals surface area contributed by atoms with E-state index in [1.807, 2.05) is 48.5 Å². The van der Waals surface area contributed by atoms with Crippen molar-refractivity contribution in [2.45, 2.75) is 58.2 Å². The quantitative estimate of drug-likeness (QED) is 0.165. The number of carbonyl (C=O) groups excluding carboxylic acids is 2. The lowest BCUT2D eigenvalue weighted by molar-refractivity contribution is 0.0193. The van der Waals surface area contributed by atoms with Gasteiger partial charge < -0.3 is 18.9 Å². The van der Waals surface area contributed by atoms with E-state index in [1.165, 1.54) is 0 Å². The van der Waals surface area contributed by atoms with E-state index in [0.717, 1.165) is 33.4 Å². The van der Waals surface area contributed by atoms with Crippen LogP contribution in [0.15, 0.2) is 97.1 Å². The Hall–Kier alpha value is -4.58. The van der Waals surface area contributed by atoms with Gasteiger partial charge in [0.2, 0.25) is 0 Å². The summed E-state index contributed by atoms with van der Waals surface area (Å²) in [7, 11) is 0. The lowest BCUT2D eigenvalue weighted by atomic mass is 9.68. The molecule has 1 aliphatic carbocycles. The normalized spacial score (nSPS) is 13.5. The first-order valence-corrected chi connectivity index (χ1v) is 13.6. The number of hydrogen-bond donors (Lipinski definition) is 0. The maximum atomic E-state index is 12.3. The highest BCUT2D eigenvalue weighted by Crippen LogP contribution is 2.56. The molecule has 0 saturated carbocycles. The van der Waals surface area contributed by atoms with Crippen LogP contribution in [-0.4, -0.2) is 23.5 Å². The molecule has 0 fully saturated rings. The summed E-state index contributed by atoms with van der Waals surface area (Å²) in [6, 6.07) is 31.8. The molecule has 6 heteroatoms. The number of benzene rings is 4. The Labute approximate surface area is 240 Å². The molecule has 4 aromatic carbocycles. The van der Waals surface area contributed by atoms with Crippen LogP contribution in [0.2, 0.25) is 0 Å². The third-order valence-electron chi connectivity index (χ3n) is 6.71. The van der Waals surface area contributed by atoms with Crippen LogP contribution in [0.1, 0.15) is 63.8 Å². The highest BCUT2D eigenvalue weighted by atomic mass is 16.7. The Morgan fingerprint density at radius 2 is 0.854 bits per heavy atom. The van der Waals surface area contributed by atoms with E-state index in [2.05, 4.69) is 24.3 Å². The topological polar surface area (TPSA) is 71.1 Å². The van der Waals surface area contributed by atoms with Crippen LogP contribution in [0.25, 0.3) is 11.1 Å². The van der Waals surface area contributed by atoms with E-state index in [-0.39, 0.29) is 0 Å². The number of rotatable bonds is 4. The van der Waals surface area contributed by atoms with Crippen LogP contribution in [-0.2, 0) is 14.9 Å². The molecule has 0 radical (unpaired) electrons. The van der Waals surface area contributed by atoms with E-state index >= 15 is 0 Å². The van der Waals surface area contributed by atoms with Crippen molar-refractivity contribution in [3.05, 3.63) is 119 Å². The zero-order valence-electron chi connectivity index (χ0n) is 24.2. The number of carbonyl (C=O) groups is 2. The summed E-state index contributed by atoms with van der Waals surface area (Å²) in [5, 5.41) is 0. The molecule has 0 saturated heterocycles. The first-order chi connectivity index (χ1) is 19.4. The summed E-state index contributed by atoms with van der Waals surface area (Å²) < 4.78 is 21.5. The van der Waals surface area contributed by atoms with E-state index in [4.69, 9.17) is 18.9 Å². The van der Waals surface area contributed by atoms with E-state index in [1.54, 1.807) is 65.8 Å². The van der Waals surface area contributed by atoms with Crippen LogP contribution >= 0.6 is 0 Å². The van der Waals surface area contributed by atoms with Crippen molar-refractivity contribution in [2.24, 2.45) is 0 Å². The third-order valence-corrected chi connectivity index (χ3v) is 6.71. The molecule has 0 bridgehead atoms. The van der Waals surface area contributed by atoms with Gasteiger partial charge in [-0.05, 0) is 99.2 Å². The zero-order valence-corrected chi connectivity index (χ0v) is 24.2. The average Bonchev–Trinajstić information content (AvgIpc) is 3.19. The molecule has 4 aromatic rings. The summed E-state index contributed by atoms with van der Waals surface area (Å²) in [6.07, 6.45) is -1.51. The summed E-state index contributed by atoms with van der Waals surface area (Å²) in [5.41, 5.74) is 4.56. The van der Waals surface area contributed by atoms with E-state index in [0.29, 0.717) is 11.5 Å². The van der Waals surface area contributed by atoms with Gasteiger partial charge in [-0.1, -0.05) is 72.8 Å². The van der Waals surface area contributed by atoms with E-state index in [9.17, 15) is 9.59 Å². The fraction of sp³-hybridized carbons (Fsp3) is 0.257. The first kappa shape index (κ1) is 28.0. The second-order valence-corrected chi connectivity index (χ2v) is 12.0. The predicted molar refractivity (Wildman–Crippen MR) is 157 cm³/mol. The molecule has 0 amide bonds. The Morgan fingerprint density at radius 3 is 1.20 bits per heavy atom. The van der Waals surface area contributed by atoms with Crippen LogP contribution in [0, 0.1) is 0 Å². The maximum Gasteiger partial charge on any atom is 0.514 e. The third kappa shape index (κ3) is 5.68. The fourth-order valence-corrected chi connectivity index (χ4v) is 5.30. The van der Waals surface area contributed by atoms with Crippen molar-refractivity contribution in [2.75, 3.05) is 0 Å². The van der Waals surface area contributed by atoms with Crippen molar-refractivity contribution < 1.29 is 28.5 Å². The smallest absolute Gasteiger partial charge is 0.428 e. The van der Waals surface area contributed by atoms with Gasteiger partial charge in [0.25, 0.3) is 0 Å². The molecule has 0 aromatic heterocycles. The summed E-state index contributed by atoms with van der Waals surface area (Å²) in [5.74, 6) is 0.776. The Bertz CT molecular complexity index is 1450. The van der Waals surface area contributed by atoms with Gasteiger partial charge in [-0.3, -0.25) is 0 Å². The zero-order chi connectivity index (χ0) is 29.4. The summed E-state index contributed by atoms with van der Waals surface area (Å²) in [6.45, 7) is 10.7. The van der Waals surface area contributed by atoms with Gasteiger partial charge in [0.15, 0.2) is 0 Å². The summed E-state index contributed by atoms with van der Waals surface area (Å²) in [4.78, 5) is 24.6. The minimum Gasteiger partial charge on any atom is -0.428 e. The van der Waals surface area contributed by atoms with Gasteiger partial charge in [-0.25, -0.2) is 9.59 Å². The van der Waals surface area contributed by atoms with Gasteiger partial charge in [0.05, 0.1) is 5.41 Å². The molecule has 0 heterocycles. The minimum atomic E-state index is -0.753. The standard InChI is InChI=1S/C35H34O6/c1-33(2,3)40-31(36)38-25-19-15-23(16-20-25)35(24-17-21-26(22-18-24)39-32(37)41-34(4,5)6)29-13-9-7-11-27(29)28-12-8-10-14-30(28)35/h7-22H,1-6H3. The van der Waals surface area contributed by atoms with Gasteiger partial charge in [-0.15, -0.1) is 0 Å². The molecule has 5 rings (SSSR count). The lowest BCUT2D eigenvalue weighted by Gasteiger charge is -2.34.